The number of amides is 2. The predicted molar refractivity (Wildman–Crippen MR) is 60.6 cm³/mol. The number of anilines is 1. The van der Waals surface area contributed by atoms with Gasteiger partial charge in [0, 0.05) is 18.2 Å². The minimum atomic E-state index is -0.477. The number of primary amides is 1. The van der Waals surface area contributed by atoms with Gasteiger partial charge >= 0.3 is 0 Å². The fourth-order valence-electron chi connectivity index (χ4n) is 0.921. The normalized spacial score (nSPS) is 8.47. The molecule has 0 bridgehead atoms. The fraction of sp³-hybridized carbons (Fsp3) is 0.273. The molecule has 1 rings (SSSR count). The van der Waals surface area contributed by atoms with Crippen LogP contribution in [0.3, 0.4) is 0 Å². The molecule has 0 aromatic heterocycles. The van der Waals surface area contributed by atoms with Gasteiger partial charge in [0.25, 0.3) is 0 Å². The van der Waals surface area contributed by atoms with Crippen LogP contribution in [0.4, 0.5) is 5.69 Å². The van der Waals surface area contributed by atoms with Crippen LogP contribution in [0.15, 0.2) is 24.3 Å². The summed E-state index contributed by atoms with van der Waals surface area (Å²) < 4.78 is 0. The van der Waals surface area contributed by atoms with Gasteiger partial charge in [-0.1, -0.05) is 13.8 Å². The van der Waals surface area contributed by atoms with E-state index in [0.717, 1.165) is 0 Å². The highest BCUT2D eigenvalue weighted by atomic mass is 16.1. The second-order valence-corrected chi connectivity index (χ2v) is 2.62. The van der Waals surface area contributed by atoms with E-state index in [9.17, 15) is 9.59 Å². The third-order valence-electron chi connectivity index (χ3n) is 1.49. The Morgan fingerprint density at radius 2 is 1.60 bits per heavy atom. The van der Waals surface area contributed by atoms with Crippen LogP contribution in [0, 0.1) is 0 Å². The van der Waals surface area contributed by atoms with Crippen molar-refractivity contribution in [2.45, 2.75) is 20.8 Å². The first kappa shape index (κ1) is 13.2. The zero-order valence-corrected chi connectivity index (χ0v) is 9.20. The fourth-order valence-corrected chi connectivity index (χ4v) is 0.921. The van der Waals surface area contributed by atoms with E-state index in [1.807, 2.05) is 13.8 Å². The molecule has 2 amide bonds. The second kappa shape index (κ2) is 6.59. The smallest absolute Gasteiger partial charge is 0.248 e. The molecule has 15 heavy (non-hydrogen) atoms. The Balaban J connectivity index is 0.000000921. The van der Waals surface area contributed by atoms with E-state index in [2.05, 4.69) is 5.32 Å². The monoisotopic (exact) mass is 208 g/mol. The molecule has 0 heterocycles. The highest BCUT2D eigenvalue weighted by Gasteiger charge is 1.99. The topological polar surface area (TPSA) is 72.2 Å². The molecule has 0 aliphatic rings. The van der Waals surface area contributed by atoms with Gasteiger partial charge in [-0.3, -0.25) is 9.59 Å². The predicted octanol–water partition coefficient (Wildman–Crippen LogP) is 1.77. The molecular formula is C11H16N2O2. The molecule has 0 radical (unpaired) electrons. The van der Waals surface area contributed by atoms with Crippen molar-refractivity contribution < 1.29 is 9.59 Å². The van der Waals surface area contributed by atoms with Gasteiger partial charge in [-0.2, -0.15) is 0 Å². The van der Waals surface area contributed by atoms with Crippen molar-refractivity contribution in [2.24, 2.45) is 5.73 Å². The van der Waals surface area contributed by atoms with Gasteiger partial charge in [-0.15, -0.1) is 0 Å². The SMILES string of the molecule is CC.CC(=O)Nc1ccc(C(N)=O)cc1. The summed E-state index contributed by atoms with van der Waals surface area (Å²) in [6.07, 6.45) is 0. The van der Waals surface area contributed by atoms with E-state index < -0.39 is 5.91 Å². The molecular weight excluding hydrogens is 192 g/mol. The van der Waals surface area contributed by atoms with Crippen LogP contribution < -0.4 is 11.1 Å². The van der Waals surface area contributed by atoms with E-state index in [0.29, 0.717) is 11.3 Å². The lowest BCUT2D eigenvalue weighted by molar-refractivity contribution is -0.114. The Hall–Kier alpha value is -1.84. The lowest BCUT2D eigenvalue weighted by Gasteiger charge is -2.01. The molecule has 0 aliphatic heterocycles. The molecule has 82 valence electrons. The number of benzene rings is 1. The summed E-state index contributed by atoms with van der Waals surface area (Å²) in [5.74, 6) is -0.624. The maximum Gasteiger partial charge on any atom is 0.248 e. The lowest BCUT2D eigenvalue weighted by Crippen LogP contribution is -2.11. The Bertz CT molecular complexity index is 331. The largest absolute Gasteiger partial charge is 0.366 e. The van der Waals surface area contributed by atoms with Crippen molar-refractivity contribution in [3.63, 3.8) is 0 Å². The summed E-state index contributed by atoms with van der Waals surface area (Å²) in [5.41, 5.74) is 6.11. The van der Waals surface area contributed by atoms with Crippen LogP contribution in [0.1, 0.15) is 31.1 Å². The zero-order valence-electron chi connectivity index (χ0n) is 9.20. The zero-order chi connectivity index (χ0) is 11.8. The minimum Gasteiger partial charge on any atom is -0.366 e. The molecule has 1 aromatic carbocycles. The van der Waals surface area contributed by atoms with Crippen LogP contribution >= 0.6 is 0 Å². The molecule has 0 atom stereocenters. The van der Waals surface area contributed by atoms with E-state index in [1.54, 1.807) is 24.3 Å². The van der Waals surface area contributed by atoms with E-state index in [4.69, 9.17) is 5.73 Å². The number of hydrogen-bond donors (Lipinski definition) is 2. The lowest BCUT2D eigenvalue weighted by atomic mass is 10.2. The molecule has 0 fully saturated rings. The third-order valence-corrected chi connectivity index (χ3v) is 1.49. The quantitative estimate of drug-likeness (QED) is 0.777. The molecule has 0 saturated carbocycles. The third kappa shape index (κ3) is 4.81. The number of carbonyl (C=O) groups excluding carboxylic acids is 2. The van der Waals surface area contributed by atoms with E-state index in [-0.39, 0.29) is 5.91 Å². The van der Waals surface area contributed by atoms with Gasteiger partial charge in [0.15, 0.2) is 0 Å². The average molecular weight is 208 g/mol. The van der Waals surface area contributed by atoms with Crippen LogP contribution in [0.5, 0.6) is 0 Å². The number of rotatable bonds is 2. The van der Waals surface area contributed by atoms with Gasteiger partial charge in [0.1, 0.15) is 0 Å². The van der Waals surface area contributed by atoms with Crippen LogP contribution in [0.25, 0.3) is 0 Å². The Kier molecular flexibility index (Phi) is 5.78. The molecule has 0 aliphatic carbocycles. The second-order valence-electron chi connectivity index (χ2n) is 2.62. The average Bonchev–Trinajstić information content (AvgIpc) is 2.20. The number of carbonyl (C=O) groups is 2. The Morgan fingerprint density at radius 3 is 1.93 bits per heavy atom. The maximum absolute atomic E-state index is 10.7. The maximum atomic E-state index is 10.7. The number of hydrogen-bond acceptors (Lipinski definition) is 2. The molecule has 1 aromatic rings. The highest BCUT2D eigenvalue weighted by Crippen LogP contribution is 2.08. The summed E-state index contributed by atoms with van der Waals surface area (Å²) in [6, 6.07) is 6.38. The standard InChI is InChI=1S/C9H10N2O2.C2H6/c1-6(12)11-8-4-2-7(3-5-8)9(10)13;1-2/h2-5H,1H3,(H2,10,13)(H,11,12);1-2H3. The Labute approximate surface area is 89.5 Å². The Morgan fingerprint density at radius 1 is 1.13 bits per heavy atom. The highest BCUT2D eigenvalue weighted by molar-refractivity contribution is 5.94. The van der Waals surface area contributed by atoms with Gasteiger partial charge in [0.05, 0.1) is 0 Å². The molecule has 0 unspecified atom stereocenters. The van der Waals surface area contributed by atoms with Gasteiger partial charge in [-0.05, 0) is 24.3 Å². The van der Waals surface area contributed by atoms with Crippen molar-refractivity contribution in [1.29, 1.82) is 0 Å². The van der Waals surface area contributed by atoms with Gasteiger partial charge in [0.2, 0.25) is 11.8 Å². The van der Waals surface area contributed by atoms with Crippen LogP contribution in [-0.2, 0) is 4.79 Å². The van der Waals surface area contributed by atoms with Crippen molar-refractivity contribution in [3.05, 3.63) is 29.8 Å². The molecule has 3 N–H and O–H groups in total. The van der Waals surface area contributed by atoms with Crippen molar-refractivity contribution in [2.75, 3.05) is 5.32 Å². The first-order valence-corrected chi connectivity index (χ1v) is 4.77. The van der Waals surface area contributed by atoms with E-state index in [1.165, 1.54) is 6.92 Å². The minimum absolute atomic E-state index is 0.146. The number of nitrogens with one attached hydrogen (secondary N) is 1. The van der Waals surface area contributed by atoms with Crippen molar-refractivity contribution in [1.82, 2.24) is 0 Å². The van der Waals surface area contributed by atoms with Gasteiger partial charge in [-0.25, -0.2) is 0 Å². The summed E-state index contributed by atoms with van der Waals surface area (Å²) >= 11 is 0. The van der Waals surface area contributed by atoms with Crippen molar-refractivity contribution in [3.8, 4) is 0 Å². The summed E-state index contributed by atoms with van der Waals surface area (Å²) in [6.45, 7) is 5.42. The van der Waals surface area contributed by atoms with Crippen molar-refractivity contribution >= 4 is 17.5 Å². The first-order valence-electron chi connectivity index (χ1n) is 4.77. The molecule has 4 nitrogen and oxygen atoms in total. The van der Waals surface area contributed by atoms with Crippen LogP contribution in [0.2, 0.25) is 0 Å². The molecule has 4 heteroatoms. The van der Waals surface area contributed by atoms with E-state index >= 15 is 0 Å². The summed E-state index contributed by atoms with van der Waals surface area (Å²) in [7, 11) is 0. The summed E-state index contributed by atoms with van der Waals surface area (Å²) in [5, 5.41) is 2.58. The molecule has 0 spiro atoms. The van der Waals surface area contributed by atoms with Crippen LogP contribution in [-0.4, -0.2) is 11.8 Å². The van der Waals surface area contributed by atoms with Gasteiger partial charge < -0.3 is 11.1 Å². The molecule has 0 saturated heterocycles. The summed E-state index contributed by atoms with van der Waals surface area (Å²) in [4.78, 5) is 21.3. The first-order chi connectivity index (χ1) is 7.09. The number of nitrogens with two attached hydrogens (primary N) is 1.